The Kier molecular flexibility index (Phi) is 4.59. The zero-order valence-corrected chi connectivity index (χ0v) is 14.9. The highest BCUT2D eigenvalue weighted by Gasteiger charge is 2.34. The van der Waals surface area contributed by atoms with E-state index in [0.717, 1.165) is 30.7 Å². The topological polar surface area (TPSA) is 64.4 Å². The van der Waals surface area contributed by atoms with Crippen molar-refractivity contribution in [3.8, 4) is 0 Å². The maximum atomic E-state index is 12.9. The SMILES string of the molecule is Cc1ccn(CC2CCCO2)c(=O)c1C(=O)N1CC(c2ccccn2)C1. The van der Waals surface area contributed by atoms with Crippen LogP contribution in [0.1, 0.15) is 40.4 Å². The summed E-state index contributed by atoms with van der Waals surface area (Å²) in [5.41, 5.74) is 1.79. The molecule has 1 amide bonds. The third-order valence-corrected chi connectivity index (χ3v) is 5.29. The number of likely N-dealkylation sites (tertiary alicyclic amines) is 1. The van der Waals surface area contributed by atoms with E-state index < -0.39 is 0 Å². The smallest absolute Gasteiger partial charge is 0.263 e. The van der Waals surface area contributed by atoms with Gasteiger partial charge in [0.15, 0.2) is 0 Å². The summed E-state index contributed by atoms with van der Waals surface area (Å²) >= 11 is 0. The normalized spacial score (nSPS) is 20.2. The van der Waals surface area contributed by atoms with Gasteiger partial charge in [-0.05, 0) is 43.5 Å². The Morgan fingerprint density at radius 3 is 2.85 bits per heavy atom. The van der Waals surface area contributed by atoms with E-state index in [9.17, 15) is 9.59 Å². The number of amides is 1. The molecular formula is C20H23N3O3. The highest BCUT2D eigenvalue weighted by Crippen LogP contribution is 2.26. The van der Waals surface area contributed by atoms with Gasteiger partial charge in [0.25, 0.3) is 11.5 Å². The summed E-state index contributed by atoms with van der Waals surface area (Å²) in [4.78, 5) is 31.9. The maximum absolute atomic E-state index is 12.9. The molecule has 2 aromatic rings. The Morgan fingerprint density at radius 2 is 2.15 bits per heavy atom. The molecule has 0 bridgehead atoms. The van der Waals surface area contributed by atoms with E-state index in [0.29, 0.717) is 19.6 Å². The maximum Gasteiger partial charge on any atom is 0.263 e. The predicted octanol–water partition coefficient (Wildman–Crippen LogP) is 1.97. The Morgan fingerprint density at radius 1 is 1.31 bits per heavy atom. The molecule has 4 heterocycles. The van der Waals surface area contributed by atoms with Gasteiger partial charge in [0, 0.05) is 43.7 Å². The van der Waals surface area contributed by atoms with Crippen molar-refractivity contribution in [1.82, 2.24) is 14.5 Å². The second-order valence-corrected chi connectivity index (χ2v) is 7.13. The molecule has 0 saturated carbocycles. The molecule has 0 aliphatic carbocycles. The molecule has 0 aromatic carbocycles. The highest BCUT2D eigenvalue weighted by atomic mass is 16.5. The standard InChI is InChI=1S/C20H23N3O3/c1-14-7-9-22(13-16-5-4-10-26-16)19(24)18(14)20(25)23-11-15(12-23)17-6-2-3-8-21-17/h2-3,6-9,15-16H,4-5,10-13H2,1H3. The van der Waals surface area contributed by atoms with E-state index >= 15 is 0 Å². The molecule has 6 nitrogen and oxygen atoms in total. The van der Waals surface area contributed by atoms with Crippen LogP contribution in [0.3, 0.4) is 0 Å². The molecule has 2 aromatic heterocycles. The molecule has 26 heavy (non-hydrogen) atoms. The first kappa shape index (κ1) is 17.0. The number of carbonyl (C=O) groups excluding carboxylic acids is 1. The third-order valence-electron chi connectivity index (χ3n) is 5.29. The number of hydrogen-bond acceptors (Lipinski definition) is 4. The highest BCUT2D eigenvalue weighted by molar-refractivity contribution is 5.95. The van der Waals surface area contributed by atoms with Crippen molar-refractivity contribution in [3.05, 3.63) is 63.8 Å². The van der Waals surface area contributed by atoms with E-state index in [-0.39, 0.29) is 29.1 Å². The number of aromatic nitrogens is 2. The first-order valence-corrected chi connectivity index (χ1v) is 9.15. The van der Waals surface area contributed by atoms with Crippen LogP contribution in [-0.2, 0) is 11.3 Å². The van der Waals surface area contributed by atoms with Crippen LogP contribution in [0, 0.1) is 6.92 Å². The first-order valence-electron chi connectivity index (χ1n) is 9.15. The molecule has 0 radical (unpaired) electrons. The van der Waals surface area contributed by atoms with Crippen LogP contribution < -0.4 is 5.56 Å². The second-order valence-electron chi connectivity index (χ2n) is 7.13. The summed E-state index contributed by atoms with van der Waals surface area (Å²) in [7, 11) is 0. The van der Waals surface area contributed by atoms with E-state index in [1.54, 1.807) is 21.9 Å². The molecule has 136 valence electrons. The van der Waals surface area contributed by atoms with Crippen molar-refractivity contribution < 1.29 is 9.53 Å². The van der Waals surface area contributed by atoms with Crippen molar-refractivity contribution in [2.24, 2.45) is 0 Å². The molecule has 2 saturated heterocycles. The quantitative estimate of drug-likeness (QED) is 0.843. The zero-order valence-electron chi connectivity index (χ0n) is 14.9. The lowest BCUT2D eigenvalue weighted by Crippen LogP contribution is -2.50. The molecule has 6 heteroatoms. The minimum Gasteiger partial charge on any atom is -0.376 e. The van der Waals surface area contributed by atoms with Gasteiger partial charge in [-0.25, -0.2) is 0 Å². The Balaban J connectivity index is 1.50. The number of aryl methyl sites for hydroxylation is 1. The monoisotopic (exact) mass is 353 g/mol. The lowest BCUT2D eigenvalue weighted by Gasteiger charge is -2.39. The average Bonchev–Trinajstić information content (AvgIpc) is 3.10. The number of nitrogens with zero attached hydrogens (tertiary/aromatic N) is 3. The summed E-state index contributed by atoms with van der Waals surface area (Å²) < 4.78 is 7.24. The predicted molar refractivity (Wildman–Crippen MR) is 97.3 cm³/mol. The summed E-state index contributed by atoms with van der Waals surface area (Å²) in [6, 6.07) is 7.67. The van der Waals surface area contributed by atoms with Crippen LogP contribution in [0.15, 0.2) is 41.5 Å². The fourth-order valence-corrected chi connectivity index (χ4v) is 3.68. The van der Waals surface area contributed by atoms with Crippen LogP contribution in [0.2, 0.25) is 0 Å². The van der Waals surface area contributed by atoms with Crippen molar-refractivity contribution in [2.45, 2.75) is 38.3 Å². The number of carbonyl (C=O) groups is 1. The lowest BCUT2D eigenvalue weighted by atomic mass is 9.94. The Hall–Kier alpha value is -2.47. The van der Waals surface area contributed by atoms with Gasteiger partial charge in [-0.3, -0.25) is 14.6 Å². The molecular weight excluding hydrogens is 330 g/mol. The molecule has 4 rings (SSSR count). The zero-order chi connectivity index (χ0) is 18.1. The fourth-order valence-electron chi connectivity index (χ4n) is 3.68. The summed E-state index contributed by atoms with van der Waals surface area (Å²) in [6.45, 7) is 4.29. The summed E-state index contributed by atoms with van der Waals surface area (Å²) in [5.74, 6) is 0.0691. The molecule has 1 atom stereocenters. The molecule has 0 spiro atoms. The summed E-state index contributed by atoms with van der Waals surface area (Å²) in [6.07, 6.45) is 5.59. The van der Waals surface area contributed by atoms with Crippen LogP contribution in [0.4, 0.5) is 0 Å². The van der Waals surface area contributed by atoms with Crippen molar-refractivity contribution in [3.63, 3.8) is 0 Å². The third kappa shape index (κ3) is 3.17. The fraction of sp³-hybridized carbons (Fsp3) is 0.450. The number of hydrogen-bond donors (Lipinski definition) is 0. The van der Waals surface area contributed by atoms with Gasteiger partial charge in [-0.2, -0.15) is 0 Å². The van der Waals surface area contributed by atoms with Gasteiger partial charge in [-0.15, -0.1) is 0 Å². The minimum atomic E-state index is -0.216. The molecule has 0 N–H and O–H groups in total. The number of ether oxygens (including phenoxy) is 1. The van der Waals surface area contributed by atoms with Crippen LogP contribution in [-0.4, -0.2) is 46.2 Å². The lowest BCUT2D eigenvalue weighted by molar-refractivity contribution is 0.0593. The van der Waals surface area contributed by atoms with Crippen LogP contribution in [0.25, 0.3) is 0 Å². The van der Waals surface area contributed by atoms with E-state index in [2.05, 4.69) is 4.98 Å². The van der Waals surface area contributed by atoms with E-state index in [4.69, 9.17) is 4.74 Å². The summed E-state index contributed by atoms with van der Waals surface area (Å²) in [5, 5.41) is 0. The molecule has 2 aliphatic heterocycles. The van der Waals surface area contributed by atoms with Crippen molar-refractivity contribution in [2.75, 3.05) is 19.7 Å². The van der Waals surface area contributed by atoms with Gasteiger partial charge in [0.05, 0.1) is 12.6 Å². The van der Waals surface area contributed by atoms with Gasteiger partial charge < -0.3 is 14.2 Å². The molecule has 1 unspecified atom stereocenters. The molecule has 2 aliphatic rings. The number of rotatable bonds is 4. The van der Waals surface area contributed by atoms with Gasteiger partial charge in [0.1, 0.15) is 5.56 Å². The van der Waals surface area contributed by atoms with Gasteiger partial charge in [0.2, 0.25) is 0 Å². The van der Waals surface area contributed by atoms with Gasteiger partial charge in [-0.1, -0.05) is 6.07 Å². The first-order chi connectivity index (χ1) is 12.6. The van der Waals surface area contributed by atoms with Crippen molar-refractivity contribution in [1.29, 1.82) is 0 Å². The van der Waals surface area contributed by atoms with Gasteiger partial charge >= 0.3 is 0 Å². The Labute approximate surface area is 152 Å². The van der Waals surface area contributed by atoms with E-state index in [1.807, 2.05) is 31.2 Å². The van der Waals surface area contributed by atoms with Crippen LogP contribution >= 0.6 is 0 Å². The van der Waals surface area contributed by atoms with E-state index in [1.165, 1.54) is 0 Å². The minimum absolute atomic E-state index is 0.0657. The molecule has 2 fully saturated rings. The van der Waals surface area contributed by atoms with Crippen LogP contribution in [0.5, 0.6) is 0 Å². The Bertz CT molecular complexity index is 850. The number of pyridine rings is 2. The largest absolute Gasteiger partial charge is 0.376 e. The second kappa shape index (κ2) is 7.03. The average molecular weight is 353 g/mol. The van der Waals surface area contributed by atoms with Crippen molar-refractivity contribution >= 4 is 5.91 Å².